The van der Waals surface area contributed by atoms with Gasteiger partial charge in [0.25, 0.3) is 5.91 Å². The molecule has 2 aromatic rings. The number of aryl methyl sites for hydroxylation is 2. The van der Waals surface area contributed by atoms with Gasteiger partial charge in [-0.25, -0.2) is 8.91 Å². The Kier molecular flexibility index (Phi) is 6.06. The summed E-state index contributed by atoms with van der Waals surface area (Å²) in [5.41, 5.74) is 4.86. The molecule has 7 nitrogen and oxygen atoms in total. The highest BCUT2D eigenvalue weighted by Gasteiger charge is 2.32. The number of hydrogen-bond donors (Lipinski definition) is 0. The second-order valence-corrected chi connectivity index (χ2v) is 10.3. The van der Waals surface area contributed by atoms with Crippen molar-refractivity contribution >= 4 is 25.3 Å². The Balaban J connectivity index is 1.36. The molecule has 0 bridgehead atoms. The average molecular weight is 469 g/mol. The van der Waals surface area contributed by atoms with Crippen LogP contribution in [0.25, 0.3) is 10.8 Å². The molecule has 2 aromatic heterocycles. The molecule has 174 valence electrons. The Morgan fingerprint density at radius 2 is 2.15 bits per heavy atom. The number of aromatic nitrogens is 3. The highest BCUT2D eigenvalue weighted by molar-refractivity contribution is 7.51. The van der Waals surface area contributed by atoms with Crippen LogP contribution in [0.4, 0.5) is 4.39 Å². The van der Waals surface area contributed by atoms with Gasteiger partial charge in [0, 0.05) is 49.8 Å². The summed E-state index contributed by atoms with van der Waals surface area (Å²) in [7, 11) is 0.425. The SMILES string of the molecule is CCc1nc(C)cn2nc(C3=CC(=O)N4C=C(N5CCN(CCF)[C@H](C)C5)C=CC4P3)cc12. The van der Waals surface area contributed by atoms with Crippen molar-refractivity contribution in [2.75, 3.05) is 32.9 Å². The maximum absolute atomic E-state index is 13.1. The fourth-order valence-corrected chi connectivity index (χ4v) is 6.18. The minimum Gasteiger partial charge on any atom is -0.368 e. The average Bonchev–Trinajstić information content (AvgIpc) is 3.24. The topological polar surface area (TPSA) is 57.0 Å². The zero-order valence-electron chi connectivity index (χ0n) is 19.3. The Morgan fingerprint density at radius 1 is 1.30 bits per heavy atom. The molecule has 5 heterocycles. The number of carbonyl (C=O) groups is 1. The first-order valence-electron chi connectivity index (χ1n) is 11.6. The second-order valence-electron chi connectivity index (χ2n) is 8.87. The summed E-state index contributed by atoms with van der Waals surface area (Å²) in [4.78, 5) is 24.1. The van der Waals surface area contributed by atoms with Gasteiger partial charge in [-0.2, -0.15) is 5.10 Å². The molecule has 3 atom stereocenters. The smallest absolute Gasteiger partial charge is 0.252 e. The highest BCUT2D eigenvalue weighted by atomic mass is 31.1. The minimum absolute atomic E-state index is 0.0122. The van der Waals surface area contributed by atoms with Crippen LogP contribution in [0.2, 0.25) is 0 Å². The van der Waals surface area contributed by atoms with Crippen molar-refractivity contribution in [1.29, 1.82) is 0 Å². The maximum Gasteiger partial charge on any atom is 0.252 e. The molecule has 1 fully saturated rings. The van der Waals surface area contributed by atoms with Gasteiger partial charge in [-0.3, -0.25) is 14.7 Å². The molecule has 9 heteroatoms. The van der Waals surface area contributed by atoms with E-state index in [1.807, 2.05) is 28.7 Å². The van der Waals surface area contributed by atoms with Gasteiger partial charge in [0.2, 0.25) is 0 Å². The van der Waals surface area contributed by atoms with Gasteiger partial charge >= 0.3 is 0 Å². The lowest BCUT2D eigenvalue weighted by atomic mass is 10.1. The molecule has 5 rings (SSSR count). The molecule has 33 heavy (non-hydrogen) atoms. The van der Waals surface area contributed by atoms with Crippen LogP contribution >= 0.6 is 8.58 Å². The van der Waals surface area contributed by atoms with Gasteiger partial charge < -0.3 is 9.80 Å². The Labute approximate surface area is 195 Å². The lowest BCUT2D eigenvalue weighted by Crippen LogP contribution is -2.52. The van der Waals surface area contributed by atoms with E-state index >= 15 is 0 Å². The van der Waals surface area contributed by atoms with Gasteiger partial charge in [0.05, 0.1) is 40.3 Å². The number of amides is 1. The Morgan fingerprint density at radius 3 is 2.91 bits per heavy atom. The van der Waals surface area contributed by atoms with E-state index in [-0.39, 0.29) is 24.4 Å². The minimum atomic E-state index is -0.311. The van der Waals surface area contributed by atoms with Gasteiger partial charge in [-0.05, 0) is 32.4 Å². The number of hydrogen-bond acceptors (Lipinski definition) is 5. The standard InChI is InChI=1S/C24H30FN6OP/c1-4-19-21-11-20(27-31(21)13-16(2)26-19)22-12-23(32)30-15-18(5-6-24(30)33-22)29-10-9-28(8-7-25)17(3)14-29/h5-6,11-13,15,17,24,33H,4,7-10,14H2,1-3H3/t17-,24?/m1/s1. The van der Waals surface area contributed by atoms with Crippen LogP contribution in [0.5, 0.6) is 0 Å². The van der Waals surface area contributed by atoms with E-state index in [4.69, 9.17) is 5.10 Å². The summed E-state index contributed by atoms with van der Waals surface area (Å²) < 4.78 is 14.7. The van der Waals surface area contributed by atoms with Gasteiger partial charge in [-0.15, -0.1) is 0 Å². The van der Waals surface area contributed by atoms with Crippen molar-refractivity contribution < 1.29 is 9.18 Å². The van der Waals surface area contributed by atoms with Crippen LogP contribution in [0.1, 0.15) is 30.9 Å². The quantitative estimate of drug-likeness (QED) is 0.631. The van der Waals surface area contributed by atoms with Crippen molar-refractivity contribution in [2.24, 2.45) is 0 Å². The molecule has 0 aromatic carbocycles. The summed E-state index contributed by atoms with van der Waals surface area (Å²) >= 11 is 0. The molecule has 2 unspecified atom stereocenters. The number of nitrogens with zero attached hydrogens (tertiary/aromatic N) is 6. The van der Waals surface area contributed by atoms with E-state index < -0.39 is 0 Å². The zero-order chi connectivity index (χ0) is 23.1. The zero-order valence-corrected chi connectivity index (χ0v) is 20.3. The highest BCUT2D eigenvalue weighted by Crippen LogP contribution is 2.44. The number of fused-ring (bicyclic) bond motifs is 2. The maximum atomic E-state index is 13.1. The van der Waals surface area contributed by atoms with Crippen LogP contribution in [-0.2, 0) is 11.2 Å². The number of carbonyl (C=O) groups excluding carboxylic acids is 1. The summed E-state index contributed by atoms with van der Waals surface area (Å²) in [6.07, 6.45) is 10.8. The molecule has 0 radical (unpaired) electrons. The van der Waals surface area contributed by atoms with Crippen LogP contribution in [-0.4, -0.2) is 79.9 Å². The third-order valence-corrected chi connectivity index (χ3v) is 8.09. The first-order chi connectivity index (χ1) is 16.0. The van der Waals surface area contributed by atoms with Crippen LogP contribution in [0.15, 0.2) is 42.4 Å². The largest absolute Gasteiger partial charge is 0.368 e. The van der Waals surface area contributed by atoms with E-state index in [0.717, 1.165) is 59.7 Å². The van der Waals surface area contributed by atoms with E-state index in [1.54, 1.807) is 6.08 Å². The van der Waals surface area contributed by atoms with E-state index in [2.05, 4.69) is 46.8 Å². The molecule has 0 saturated carbocycles. The fourth-order valence-electron chi connectivity index (χ4n) is 4.85. The first kappa shape index (κ1) is 22.2. The molecule has 1 saturated heterocycles. The molecule has 3 aliphatic rings. The summed E-state index contributed by atoms with van der Waals surface area (Å²) in [6, 6.07) is 2.34. The molecule has 1 amide bonds. The molecule has 0 aliphatic carbocycles. The Bertz CT molecular complexity index is 1170. The molecular formula is C24H30FN6OP. The third-order valence-electron chi connectivity index (χ3n) is 6.61. The molecule has 0 spiro atoms. The lowest BCUT2D eigenvalue weighted by Gasteiger charge is -2.43. The van der Waals surface area contributed by atoms with E-state index in [1.165, 1.54) is 0 Å². The molecule has 3 aliphatic heterocycles. The third kappa shape index (κ3) is 4.22. The number of alkyl halides is 1. The monoisotopic (exact) mass is 468 g/mol. The van der Waals surface area contributed by atoms with E-state index in [9.17, 15) is 9.18 Å². The summed E-state index contributed by atoms with van der Waals surface area (Å²) in [5, 5.41) is 5.75. The van der Waals surface area contributed by atoms with Crippen molar-refractivity contribution in [3.63, 3.8) is 0 Å². The van der Waals surface area contributed by atoms with Crippen molar-refractivity contribution in [2.45, 2.75) is 39.0 Å². The molecular weight excluding hydrogens is 438 g/mol. The van der Waals surface area contributed by atoms with Crippen LogP contribution < -0.4 is 0 Å². The number of halogens is 1. The first-order valence-corrected chi connectivity index (χ1v) is 12.7. The van der Waals surface area contributed by atoms with Crippen molar-refractivity contribution in [1.82, 2.24) is 29.3 Å². The predicted molar refractivity (Wildman–Crippen MR) is 130 cm³/mol. The summed E-state index contributed by atoms with van der Waals surface area (Å²) in [5.74, 6) is 0.00334. The fraction of sp³-hybridized carbons (Fsp3) is 0.458. The van der Waals surface area contributed by atoms with E-state index in [0.29, 0.717) is 15.1 Å². The summed E-state index contributed by atoms with van der Waals surface area (Å²) in [6.45, 7) is 8.89. The Hall–Kier alpha value is -2.57. The van der Waals surface area contributed by atoms with Crippen LogP contribution in [0.3, 0.4) is 0 Å². The van der Waals surface area contributed by atoms with Crippen molar-refractivity contribution in [3.05, 3.63) is 59.5 Å². The lowest BCUT2D eigenvalue weighted by molar-refractivity contribution is -0.123. The van der Waals surface area contributed by atoms with Gasteiger partial charge in [0.1, 0.15) is 6.67 Å². The van der Waals surface area contributed by atoms with Gasteiger partial charge in [0.15, 0.2) is 0 Å². The predicted octanol–water partition coefficient (Wildman–Crippen LogP) is 3.17. The molecule has 0 N–H and O–H groups in total. The normalized spacial score (nSPS) is 24.4. The number of piperazine rings is 1. The number of allylic oxidation sites excluding steroid dienone is 1. The van der Waals surface area contributed by atoms with Gasteiger partial charge in [-0.1, -0.05) is 21.6 Å². The second kappa shape index (κ2) is 8.99. The van der Waals surface area contributed by atoms with Crippen LogP contribution in [0, 0.1) is 6.92 Å². The number of rotatable bonds is 5. The van der Waals surface area contributed by atoms with Crippen molar-refractivity contribution in [3.8, 4) is 0 Å².